The van der Waals surface area contributed by atoms with E-state index < -0.39 is 39.7 Å². The van der Waals surface area contributed by atoms with E-state index in [1.807, 2.05) is 24.3 Å². The minimum absolute atomic E-state index is 0.0610. The number of anilines is 1. The standard InChI is InChI=1S/C22H23F2IN4O5S/c1-35(32,33)29-21-10-20(34-28-21)22(31)27-18(8-14-5-15(23)9-16(24)6-14)19(30)12-26-11-13-3-2-4-17(25)7-13/h2-7,9-10,18-19,26,30H,8,11-12H2,1H3,(H,27,31)(H,28,29). The fourth-order valence-electron chi connectivity index (χ4n) is 3.28. The Bertz CT molecular complexity index is 1270. The Labute approximate surface area is 214 Å². The summed E-state index contributed by atoms with van der Waals surface area (Å²) >= 11 is 2.19. The van der Waals surface area contributed by atoms with Crippen molar-refractivity contribution in [3.8, 4) is 0 Å². The fourth-order valence-corrected chi connectivity index (χ4v) is 4.36. The lowest BCUT2D eigenvalue weighted by molar-refractivity contribution is 0.0797. The monoisotopic (exact) mass is 620 g/mol. The topological polar surface area (TPSA) is 134 Å². The molecule has 3 aromatic rings. The number of sulfonamides is 1. The van der Waals surface area contributed by atoms with Crippen LogP contribution in [0.1, 0.15) is 21.7 Å². The zero-order chi connectivity index (χ0) is 25.6. The lowest BCUT2D eigenvalue weighted by atomic mass is 10.0. The Morgan fingerprint density at radius 1 is 1.14 bits per heavy atom. The Balaban J connectivity index is 1.71. The van der Waals surface area contributed by atoms with Gasteiger partial charge in [-0.2, -0.15) is 0 Å². The van der Waals surface area contributed by atoms with Crippen LogP contribution in [-0.4, -0.2) is 49.5 Å². The van der Waals surface area contributed by atoms with Crippen LogP contribution in [0.2, 0.25) is 0 Å². The van der Waals surface area contributed by atoms with Gasteiger partial charge < -0.3 is 20.3 Å². The molecule has 0 aliphatic rings. The minimum Gasteiger partial charge on any atom is -0.390 e. The van der Waals surface area contributed by atoms with Gasteiger partial charge in [-0.3, -0.25) is 9.52 Å². The first-order valence-electron chi connectivity index (χ1n) is 10.3. The van der Waals surface area contributed by atoms with Crippen LogP contribution in [0.25, 0.3) is 0 Å². The van der Waals surface area contributed by atoms with Crippen molar-refractivity contribution >= 4 is 44.3 Å². The summed E-state index contributed by atoms with van der Waals surface area (Å²) in [5.41, 5.74) is 1.21. The highest BCUT2D eigenvalue weighted by molar-refractivity contribution is 14.1. The number of hydrogen-bond donors (Lipinski definition) is 4. The summed E-state index contributed by atoms with van der Waals surface area (Å²) in [6.07, 6.45) is -0.325. The van der Waals surface area contributed by atoms with Crippen LogP contribution in [0, 0.1) is 15.2 Å². The van der Waals surface area contributed by atoms with Crippen molar-refractivity contribution in [1.82, 2.24) is 15.8 Å². The van der Waals surface area contributed by atoms with E-state index in [1.165, 1.54) is 0 Å². The molecule has 0 aliphatic heterocycles. The van der Waals surface area contributed by atoms with Gasteiger partial charge in [-0.15, -0.1) is 0 Å². The van der Waals surface area contributed by atoms with Gasteiger partial charge in [0, 0.05) is 28.8 Å². The Hall–Kier alpha value is -2.62. The molecule has 13 heteroatoms. The first-order valence-corrected chi connectivity index (χ1v) is 13.3. The first-order chi connectivity index (χ1) is 16.5. The van der Waals surface area contributed by atoms with Gasteiger partial charge in [-0.05, 0) is 64.4 Å². The van der Waals surface area contributed by atoms with E-state index >= 15 is 0 Å². The van der Waals surface area contributed by atoms with Gasteiger partial charge in [0.1, 0.15) is 11.6 Å². The molecule has 1 amide bonds. The summed E-state index contributed by atoms with van der Waals surface area (Å²) in [4.78, 5) is 12.7. The summed E-state index contributed by atoms with van der Waals surface area (Å²) in [7, 11) is -3.63. The van der Waals surface area contributed by atoms with Crippen LogP contribution in [0.3, 0.4) is 0 Å². The summed E-state index contributed by atoms with van der Waals surface area (Å²) in [5.74, 6) is -2.88. The second-order valence-corrected chi connectivity index (χ2v) is 10.8. The molecule has 35 heavy (non-hydrogen) atoms. The van der Waals surface area contributed by atoms with Crippen molar-refractivity contribution in [2.75, 3.05) is 17.5 Å². The molecule has 4 N–H and O–H groups in total. The van der Waals surface area contributed by atoms with Crippen molar-refractivity contribution in [1.29, 1.82) is 0 Å². The van der Waals surface area contributed by atoms with Gasteiger partial charge in [0.25, 0.3) is 5.91 Å². The highest BCUT2D eigenvalue weighted by atomic mass is 127. The number of aromatic nitrogens is 1. The van der Waals surface area contributed by atoms with Crippen molar-refractivity contribution in [2.45, 2.75) is 25.1 Å². The van der Waals surface area contributed by atoms with E-state index in [1.54, 1.807) is 0 Å². The molecule has 1 aromatic heterocycles. The molecule has 0 radical (unpaired) electrons. The summed E-state index contributed by atoms with van der Waals surface area (Å²) in [5, 5.41) is 19.9. The summed E-state index contributed by atoms with van der Waals surface area (Å²) in [6.45, 7) is 0.511. The highest BCUT2D eigenvalue weighted by Gasteiger charge is 2.25. The Kier molecular flexibility index (Phi) is 9.15. The molecule has 0 aliphatic carbocycles. The Morgan fingerprint density at radius 2 is 1.86 bits per heavy atom. The molecule has 0 fully saturated rings. The van der Waals surface area contributed by atoms with Crippen molar-refractivity contribution < 1.29 is 31.6 Å². The normalized spacial score (nSPS) is 13.3. The lowest BCUT2D eigenvalue weighted by Crippen LogP contribution is -2.48. The molecule has 2 aromatic carbocycles. The van der Waals surface area contributed by atoms with Crippen LogP contribution in [0.4, 0.5) is 14.6 Å². The molecule has 3 rings (SSSR count). The maximum absolute atomic E-state index is 13.7. The predicted molar refractivity (Wildman–Crippen MR) is 133 cm³/mol. The van der Waals surface area contributed by atoms with E-state index in [9.17, 15) is 27.1 Å². The van der Waals surface area contributed by atoms with Gasteiger partial charge >= 0.3 is 0 Å². The third-order valence-corrected chi connectivity index (χ3v) is 6.01. The third kappa shape index (κ3) is 8.83. The number of aliphatic hydroxyl groups excluding tert-OH is 1. The van der Waals surface area contributed by atoms with Gasteiger partial charge in [0.05, 0.1) is 18.4 Å². The van der Waals surface area contributed by atoms with Crippen LogP contribution in [-0.2, 0) is 23.0 Å². The van der Waals surface area contributed by atoms with Gasteiger partial charge in [0.15, 0.2) is 5.82 Å². The summed E-state index contributed by atoms with van der Waals surface area (Å²) in [6, 6.07) is 10.8. The molecule has 1 heterocycles. The molecule has 2 unspecified atom stereocenters. The van der Waals surface area contributed by atoms with Crippen LogP contribution < -0.4 is 15.4 Å². The predicted octanol–water partition coefficient (Wildman–Crippen LogP) is 2.42. The second-order valence-electron chi connectivity index (χ2n) is 7.84. The van der Waals surface area contributed by atoms with E-state index in [-0.39, 0.29) is 30.1 Å². The lowest BCUT2D eigenvalue weighted by Gasteiger charge is -2.24. The number of halogens is 3. The molecular weight excluding hydrogens is 597 g/mol. The highest BCUT2D eigenvalue weighted by Crippen LogP contribution is 2.15. The smallest absolute Gasteiger partial charge is 0.290 e. The SMILES string of the molecule is CS(=O)(=O)Nc1cc(C(=O)NC(Cc2cc(F)cc(F)c2)C(O)CNCc2cccc(I)c2)on1. The van der Waals surface area contributed by atoms with E-state index in [0.29, 0.717) is 6.54 Å². The number of rotatable bonds is 11. The quantitative estimate of drug-likeness (QED) is 0.242. The van der Waals surface area contributed by atoms with Crippen molar-refractivity contribution in [3.63, 3.8) is 0 Å². The van der Waals surface area contributed by atoms with Gasteiger partial charge in [0.2, 0.25) is 15.8 Å². The molecule has 188 valence electrons. The number of hydrogen-bond acceptors (Lipinski definition) is 7. The molecule has 0 saturated heterocycles. The van der Waals surface area contributed by atoms with Crippen LogP contribution in [0.15, 0.2) is 53.1 Å². The number of aliphatic hydroxyl groups is 1. The van der Waals surface area contributed by atoms with E-state index in [4.69, 9.17) is 4.52 Å². The minimum atomic E-state index is -3.63. The summed E-state index contributed by atoms with van der Waals surface area (Å²) < 4.78 is 58.0. The van der Waals surface area contributed by atoms with Crippen molar-refractivity contribution in [3.05, 3.63) is 80.6 Å². The molecule has 0 bridgehead atoms. The van der Waals surface area contributed by atoms with Gasteiger partial charge in [-0.25, -0.2) is 17.2 Å². The Morgan fingerprint density at radius 3 is 2.51 bits per heavy atom. The third-order valence-electron chi connectivity index (χ3n) is 4.75. The number of nitrogens with one attached hydrogen (secondary N) is 3. The molecular formula is C22H23F2IN4O5S. The van der Waals surface area contributed by atoms with E-state index in [2.05, 4.69) is 43.1 Å². The number of benzene rings is 2. The zero-order valence-corrected chi connectivity index (χ0v) is 21.4. The average molecular weight is 620 g/mol. The maximum atomic E-state index is 13.7. The molecule has 0 spiro atoms. The number of carbonyl (C=O) groups is 1. The van der Waals surface area contributed by atoms with Crippen molar-refractivity contribution in [2.24, 2.45) is 0 Å². The number of amides is 1. The molecule has 2 atom stereocenters. The van der Waals surface area contributed by atoms with Crippen LogP contribution >= 0.6 is 22.6 Å². The number of nitrogens with zero attached hydrogens (tertiary/aromatic N) is 1. The fraction of sp³-hybridized carbons (Fsp3) is 0.273. The largest absolute Gasteiger partial charge is 0.390 e. The molecule has 9 nitrogen and oxygen atoms in total. The van der Waals surface area contributed by atoms with Gasteiger partial charge in [-0.1, -0.05) is 17.3 Å². The van der Waals surface area contributed by atoms with Crippen LogP contribution in [0.5, 0.6) is 0 Å². The second kappa shape index (κ2) is 11.9. The molecule has 0 saturated carbocycles. The van der Waals surface area contributed by atoms with E-state index in [0.717, 1.165) is 39.7 Å². The average Bonchev–Trinajstić information content (AvgIpc) is 3.19. The zero-order valence-electron chi connectivity index (χ0n) is 18.5. The first kappa shape index (κ1) is 27.0. The maximum Gasteiger partial charge on any atom is 0.290 e. The number of carbonyl (C=O) groups excluding carboxylic acids is 1.